The molecule has 1 aromatic heterocycles. The van der Waals surface area contributed by atoms with Gasteiger partial charge in [0.1, 0.15) is 0 Å². The van der Waals surface area contributed by atoms with Crippen molar-refractivity contribution in [3.63, 3.8) is 0 Å². The van der Waals surface area contributed by atoms with Gasteiger partial charge in [-0.15, -0.1) is 11.3 Å². The molecular weight excluding hydrogens is 350 g/mol. The zero-order valence-corrected chi connectivity index (χ0v) is 14.7. The van der Waals surface area contributed by atoms with Crippen LogP contribution in [-0.4, -0.2) is 15.8 Å². The Morgan fingerprint density at radius 2 is 1.85 bits per heavy atom. The number of hydrogen-bond acceptors (Lipinski definition) is 5. The lowest BCUT2D eigenvalue weighted by atomic mass is 10.1. The van der Waals surface area contributed by atoms with Gasteiger partial charge in [0.15, 0.2) is 0 Å². The third-order valence-electron chi connectivity index (χ3n) is 3.60. The summed E-state index contributed by atoms with van der Waals surface area (Å²) in [5, 5.41) is 16.4. The van der Waals surface area contributed by atoms with Gasteiger partial charge in [-0.2, -0.15) is 0 Å². The van der Waals surface area contributed by atoms with Crippen molar-refractivity contribution >= 4 is 34.7 Å². The standard InChI is InChI=1S/C19H15N3O3S/c1-13-20-18(12-26-13)15-5-7-16(8-6-15)21-19(23)11-4-14-2-9-17(10-3-14)22(24)25/h2-12H,1H3,(H,21,23)/b11-4+. The highest BCUT2D eigenvalue weighted by molar-refractivity contribution is 7.09. The van der Waals surface area contributed by atoms with Crippen molar-refractivity contribution in [1.29, 1.82) is 0 Å². The van der Waals surface area contributed by atoms with Crippen LogP contribution < -0.4 is 5.32 Å². The summed E-state index contributed by atoms with van der Waals surface area (Å²) in [4.78, 5) is 26.6. The van der Waals surface area contributed by atoms with Gasteiger partial charge in [-0.05, 0) is 42.8 Å². The van der Waals surface area contributed by atoms with Gasteiger partial charge in [0.05, 0.1) is 15.6 Å². The van der Waals surface area contributed by atoms with Crippen LogP contribution in [0.1, 0.15) is 10.6 Å². The summed E-state index contributed by atoms with van der Waals surface area (Å²) in [5.41, 5.74) is 3.32. The quantitative estimate of drug-likeness (QED) is 0.404. The van der Waals surface area contributed by atoms with Crippen molar-refractivity contribution in [1.82, 2.24) is 4.98 Å². The number of nitrogens with one attached hydrogen (secondary N) is 1. The molecular formula is C19H15N3O3S. The highest BCUT2D eigenvalue weighted by Gasteiger charge is 2.04. The van der Waals surface area contributed by atoms with Crippen LogP contribution >= 0.6 is 11.3 Å². The summed E-state index contributed by atoms with van der Waals surface area (Å²) in [6.07, 6.45) is 2.99. The Balaban J connectivity index is 1.61. The van der Waals surface area contributed by atoms with Gasteiger partial charge >= 0.3 is 0 Å². The number of anilines is 1. The van der Waals surface area contributed by atoms with E-state index in [0.717, 1.165) is 16.3 Å². The number of thiazole rings is 1. The average molecular weight is 365 g/mol. The summed E-state index contributed by atoms with van der Waals surface area (Å²) in [5.74, 6) is -0.277. The van der Waals surface area contributed by atoms with Crippen molar-refractivity contribution in [2.24, 2.45) is 0 Å². The van der Waals surface area contributed by atoms with E-state index in [1.165, 1.54) is 18.2 Å². The molecule has 0 spiro atoms. The van der Waals surface area contributed by atoms with Gasteiger partial charge in [0.2, 0.25) is 5.91 Å². The van der Waals surface area contributed by atoms with Crippen LogP contribution in [0.15, 0.2) is 60.0 Å². The number of nitro benzene ring substituents is 1. The van der Waals surface area contributed by atoms with Crippen molar-refractivity contribution in [2.45, 2.75) is 6.92 Å². The first-order chi connectivity index (χ1) is 12.5. The second-order valence-electron chi connectivity index (χ2n) is 5.50. The Morgan fingerprint density at radius 1 is 1.15 bits per heavy atom. The van der Waals surface area contributed by atoms with Gasteiger partial charge in [0, 0.05) is 34.8 Å². The molecule has 7 heteroatoms. The number of aromatic nitrogens is 1. The maximum absolute atomic E-state index is 12.0. The summed E-state index contributed by atoms with van der Waals surface area (Å²) < 4.78 is 0. The van der Waals surface area contributed by atoms with Gasteiger partial charge in [-0.3, -0.25) is 14.9 Å². The maximum Gasteiger partial charge on any atom is 0.269 e. The lowest BCUT2D eigenvalue weighted by Crippen LogP contribution is -2.07. The van der Waals surface area contributed by atoms with Crippen LogP contribution in [0.5, 0.6) is 0 Å². The van der Waals surface area contributed by atoms with Crippen molar-refractivity contribution in [3.8, 4) is 11.3 Å². The van der Waals surface area contributed by atoms with Crippen molar-refractivity contribution in [2.75, 3.05) is 5.32 Å². The molecule has 3 rings (SSSR count). The number of nitro groups is 1. The minimum atomic E-state index is -0.462. The van der Waals surface area contributed by atoms with Crippen LogP contribution in [0, 0.1) is 17.0 Å². The van der Waals surface area contributed by atoms with E-state index in [9.17, 15) is 14.9 Å². The second kappa shape index (κ2) is 7.71. The molecule has 130 valence electrons. The number of hydrogen-bond donors (Lipinski definition) is 1. The molecule has 0 aliphatic rings. The zero-order valence-electron chi connectivity index (χ0n) is 13.9. The smallest absolute Gasteiger partial charge is 0.269 e. The third-order valence-corrected chi connectivity index (χ3v) is 4.37. The fourth-order valence-electron chi connectivity index (χ4n) is 2.28. The largest absolute Gasteiger partial charge is 0.323 e. The normalized spacial score (nSPS) is 10.8. The van der Waals surface area contributed by atoms with E-state index in [4.69, 9.17) is 0 Å². The maximum atomic E-state index is 12.0. The van der Waals surface area contributed by atoms with Crippen LogP contribution in [0.4, 0.5) is 11.4 Å². The Kier molecular flexibility index (Phi) is 5.19. The Hall–Kier alpha value is -3.32. The highest BCUT2D eigenvalue weighted by Crippen LogP contribution is 2.23. The third kappa shape index (κ3) is 4.40. The molecule has 0 aliphatic heterocycles. The summed E-state index contributed by atoms with van der Waals surface area (Å²) in [6.45, 7) is 1.96. The molecule has 1 amide bonds. The number of aryl methyl sites for hydroxylation is 1. The summed E-state index contributed by atoms with van der Waals surface area (Å²) >= 11 is 1.59. The fourth-order valence-corrected chi connectivity index (χ4v) is 2.91. The average Bonchev–Trinajstić information content (AvgIpc) is 3.07. The van der Waals surface area contributed by atoms with E-state index in [2.05, 4.69) is 10.3 Å². The van der Waals surface area contributed by atoms with E-state index in [-0.39, 0.29) is 11.6 Å². The fraction of sp³-hybridized carbons (Fsp3) is 0.0526. The van der Waals surface area contributed by atoms with Crippen LogP contribution in [-0.2, 0) is 4.79 Å². The van der Waals surface area contributed by atoms with Crippen molar-refractivity contribution < 1.29 is 9.72 Å². The first-order valence-electron chi connectivity index (χ1n) is 7.77. The molecule has 0 unspecified atom stereocenters. The minimum Gasteiger partial charge on any atom is -0.323 e. The van der Waals surface area contributed by atoms with Crippen LogP contribution in [0.2, 0.25) is 0 Å². The van der Waals surface area contributed by atoms with Crippen molar-refractivity contribution in [3.05, 3.63) is 80.7 Å². The molecule has 6 nitrogen and oxygen atoms in total. The predicted octanol–water partition coefficient (Wildman–Crippen LogP) is 4.68. The molecule has 3 aromatic rings. The monoisotopic (exact) mass is 365 g/mol. The number of carbonyl (C=O) groups excluding carboxylic acids is 1. The molecule has 0 fully saturated rings. The number of non-ortho nitro benzene ring substituents is 1. The number of nitrogens with zero attached hydrogens (tertiary/aromatic N) is 2. The van der Waals surface area contributed by atoms with E-state index in [0.29, 0.717) is 11.3 Å². The highest BCUT2D eigenvalue weighted by atomic mass is 32.1. The molecule has 2 aromatic carbocycles. The van der Waals surface area contributed by atoms with E-state index in [1.807, 2.05) is 36.6 Å². The first-order valence-corrected chi connectivity index (χ1v) is 8.65. The number of carbonyl (C=O) groups is 1. The molecule has 0 bridgehead atoms. The van der Waals surface area contributed by atoms with Gasteiger partial charge in [-0.25, -0.2) is 4.98 Å². The first kappa shape index (κ1) is 17.5. The molecule has 0 saturated carbocycles. The topological polar surface area (TPSA) is 85.1 Å². The molecule has 0 atom stereocenters. The molecule has 0 saturated heterocycles. The van der Waals surface area contributed by atoms with E-state index < -0.39 is 4.92 Å². The molecule has 0 aliphatic carbocycles. The van der Waals surface area contributed by atoms with E-state index >= 15 is 0 Å². The number of amides is 1. The number of rotatable bonds is 5. The predicted molar refractivity (Wildman–Crippen MR) is 103 cm³/mol. The van der Waals surface area contributed by atoms with E-state index in [1.54, 1.807) is 29.5 Å². The molecule has 0 radical (unpaired) electrons. The van der Waals surface area contributed by atoms with Crippen LogP contribution in [0.3, 0.4) is 0 Å². The van der Waals surface area contributed by atoms with Gasteiger partial charge in [0.25, 0.3) is 5.69 Å². The SMILES string of the molecule is Cc1nc(-c2ccc(NC(=O)/C=C/c3ccc([N+](=O)[O-])cc3)cc2)cs1. The minimum absolute atomic E-state index is 0.0157. The van der Waals surface area contributed by atoms with Crippen LogP contribution in [0.25, 0.3) is 17.3 Å². The van der Waals surface area contributed by atoms with Gasteiger partial charge in [-0.1, -0.05) is 12.1 Å². The molecule has 1 N–H and O–H groups in total. The lowest BCUT2D eigenvalue weighted by Gasteiger charge is -2.03. The lowest BCUT2D eigenvalue weighted by molar-refractivity contribution is -0.384. The second-order valence-corrected chi connectivity index (χ2v) is 6.56. The number of benzene rings is 2. The zero-order chi connectivity index (χ0) is 18.5. The summed E-state index contributed by atoms with van der Waals surface area (Å²) in [6, 6.07) is 13.4. The molecule has 1 heterocycles. The Bertz CT molecular complexity index is 960. The Labute approximate surface area is 154 Å². The Morgan fingerprint density at radius 3 is 2.42 bits per heavy atom. The molecule has 26 heavy (non-hydrogen) atoms. The van der Waals surface area contributed by atoms with Gasteiger partial charge < -0.3 is 5.32 Å². The summed E-state index contributed by atoms with van der Waals surface area (Å²) in [7, 11) is 0.